The van der Waals surface area contributed by atoms with E-state index in [-0.39, 0.29) is 11.3 Å². The molecule has 3 rings (SSSR count). The van der Waals surface area contributed by atoms with Crippen molar-refractivity contribution in [3.05, 3.63) is 69.5 Å². The van der Waals surface area contributed by atoms with Gasteiger partial charge in [-0.25, -0.2) is 9.18 Å². The summed E-state index contributed by atoms with van der Waals surface area (Å²) < 4.78 is 29.1. The quantitative estimate of drug-likeness (QED) is 0.365. The molecule has 0 bridgehead atoms. The van der Waals surface area contributed by atoms with Gasteiger partial charge in [0.2, 0.25) is 5.75 Å². The zero-order valence-electron chi connectivity index (χ0n) is 13.0. The average molecular weight is 347 g/mol. The van der Waals surface area contributed by atoms with E-state index < -0.39 is 28.7 Å². The SMILES string of the molecule is O=C(Oc1ccc(C2OCCCO2)cc1[N+](=O)[O-])c1cccc(F)c1. The standard InChI is InChI=1S/C17H14FNO6/c18-13-4-1-3-11(9-13)16(20)25-15-6-5-12(10-14(15)19(21)22)17-23-7-2-8-24-17/h1,3-6,9-10,17H,2,7-8H2. The topological polar surface area (TPSA) is 87.9 Å². The molecule has 0 spiro atoms. The van der Waals surface area contributed by atoms with Gasteiger partial charge >= 0.3 is 11.7 Å². The Bertz CT molecular complexity index is 803. The minimum atomic E-state index is -0.888. The normalized spacial score (nSPS) is 14.9. The summed E-state index contributed by atoms with van der Waals surface area (Å²) in [6.45, 7) is 0.990. The number of carbonyl (C=O) groups excluding carboxylic acids is 1. The van der Waals surface area contributed by atoms with E-state index in [9.17, 15) is 19.3 Å². The zero-order valence-corrected chi connectivity index (χ0v) is 13.0. The second-order valence-corrected chi connectivity index (χ2v) is 5.31. The van der Waals surface area contributed by atoms with Crippen LogP contribution >= 0.6 is 0 Å². The van der Waals surface area contributed by atoms with Gasteiger partial charge in [0, 0.05) is 11.6 Å². The third-order valence-corrected chi connectivity index (χ3v) is 3.54. The predicted molar refractivity (Wildman–Crippen MR) is 83.7 cm³/mol. The molecule has 2 aromatic carbocycles. The van der Waals surface area contributed by atoms with Crippen LogP contribution in [0, 0.1) is 15.9 Å². The molecule has 2 aromatic rings. The molecule has 0 atom stereocenters. The second-order valence-electron chi connectivity index (χ2n) is 5.31. The number of nitrogens with zero attached hydrogens (tertiary/aromatic N) is 1. The Balaban J connectivity index is 1.85. The zero-order chi connectivity index (χ0) is 17.8. The summed E-state index contributed by atoms with van der Waals surface area (Å²) in [5.41, 5.74) is 0.00861. The molecule has 0 radical (unpaired) electrons. The Morgan fingerprint density at radius 1 is 1.20 bits per heavy atom. The van der Waals surface area contributed by atoms with Crippen LogP contribution < -0.4 is 4.74 Å². The van der Waals surface area contributed by atoms with Gasteiger partial charge in [0.25, 0.3) is 0 Å². The van der Waals surface area contributed by atoms with Crippen LogP contribution in [0.15, 0.2) is 42.5 Å². The van der Waals surface area contributed by atoms with Crippen LogP contribution in [0.3, 0.4) is 0 Å². The number of halogens is 1. The molecule has 0 saturated carbocycles. The van der Waals surface area contributed by atoms with Crippen LogP contribution in [0.2, 0.25) is 0 Å². The van der Waals surface area contributed by atoms with E-state index in [2.05, 4.69) is 0 Å². The number of hydrogen-bond acceptors (Lipinski definition) is 6. The number of carbonyl (C=O) groups is 1. The molecule has 1 saturated heterocycles. The lowest BCUT2D eigenvalue weighted by molar-refractivity contribution is -0.385. The lowest BCUT2D eigenvalue weighted by Crippen LogP contribution is -2.18. The van der Waals surface area contributed by atoms with Gasteiger partial charge in [-0.2, -0.15) is 0 Å². The largest absolute Gasteiger partial charge is 0.416 e. The Morgan fingerprint density at radius 2 is 1.96 bits per heavy atom. The molecule has 7 nitrogen and oxygen atoms in total. The minimum Gasteiger partial charge on any atom is -0.416 e. The summed E-state index contributed by atoms with van der Waals surface area (Å²) in [7, 11) is 0. The van der Waals surface area contributed by atoms with Crippen molar-refractivity contribution in [1.29, 1.82) is 0 Å². The van der Waals surface area contributed by atoms with Crippen LogP contribution in [0.25, 0.3) is 0 Å². The van der Waals surface area contributed by atoms with Crippen molar-refractivity contribution in [1.82, 2.24) is 0 Å². The van der Waals surface area contributed by atoms with Gasteiger partial charge in [-0.1, -0.05) is 6.07 Å². The van der Waals surface area contributed by atoms with Crippen molar-refractivity contribution >= 4 is 11.7 Å². The molecule has 1 aliphatic heterocycles. The van der Waals surface area contributed by atoms with E-state index in [4.69, 9.17) is 14.2 Å². The van der Waals surface area contributed by atoms with Gasteiger partial charge in [0.1, 0.15) is 5.82 Å². The monoisotopic (exact) mass is 347 g/mol. The predicted octanol–water partition coefficient (Wildman–Crippen LogP) is 3.39. The fourth-order valence-corrected chi connectivity index (χ4v) is 2.36. The van der Waals surface area contributed by atoms with E-state index in [1.165, 1.54) is 36.4 Å². The lowest BCUT2D eigenvalue weighted by Gasteiger charge is -2.23. The van der Waals surface area contributed by atoms with Gasteiger partial charge < -0.3 is 14.2 Å². The maximum atomic E-state index is 13.2. The highest BCUT2D eigenvalue weighted by Gasteiger charge is 2.24. The van der Waals surface area contributed by atoms with Gasteiger partial charge in [0.15, 0.2) is 6.29 Å². The van der Waals surface area contributed by atoms with Gasteiger partial charge in [0.05, 0.1) is 23.7 Å². The molecule has 1 fully saturated rings. The fraction of sp³-hybridized carbons (Fsp3) is 0.235. The molecule has 0 N–H and O–H groups in total. The third kappa shape index (κ3) is 3.98. The smallest absolute Gasteiger partial charge is 0.343 e. The lowest BCUT2D eigenvalue weighted by atomic mass is 10.1. The van der Waals surface area contributed by atoms with Crippen molar-refractivity contribution in [2.75, 3.05) is 13.2 Å². The number of nitro groups is 1. The number of esters is 1. The Kier molecular flexibility index (Phi) is 5.01. The van der Waals surface area contributed by atoms with Gasteiger partial charge in [-0.05, 0) is 36.8 Å². The Hall–Kier alpha value is -2.84. The molecule has 0 unspecified atom stereocenters. The first-order chi connectivity index (χ1) is 12.0. The van der Waals surface area contributed by atoms with Crippen LogP contribution in [-0.2, 0) is 9.47 Å². The first-order valence-corrected chi connectivity index (χ1v) is 7.54. The highest BCUT2D eigenvalue weighted by atomic mass is 19.1. The molecule has 1 heterocycles. The molecule has 0 aromatic heterocycles. The number of hydrogen-bond donors (Lipinski definition) is 0. The number of nitro benzene ring substituents is 1. The van der Waals surface area contributed by atoms with Crippen LogP contribution in [0.1, 0.15) is 28.6 Å². The maximum absolute atomic E-state index is 13.2. The first-order valence-electron chi connectivity index (χ1n) is 7.54. The van der Waals surface area contributed by atoms with E-state index in [1.807, 2.05) is 0 Å². The minimum absolute atomic E-state index is 0.0441. The molecular weight excluding hydrogens is 333 g/mol. The molecule has 25 heavy (non-hydrogen) atoms. The molecule has 0 aliphatic carbocycles. The Labute approximate surface area is 142 Å². The molecule has 8 heteroatoms. The van der Waals surface area contributed by atoms with Gasteiger partial charge in [-0.3, -0.25) is 10.1 Å². The highest BCUT2D eigenvalue weighted by Crippen LogP contribution is 2.33. The summed E-state index contributed by atoms with van der Waals surface area (Å²) in [5.74, 6) is -1.73. The van der Waals surface area contributed by atoms with E-state index in [0.717, 1.165) is 12.5 Å². The van der Waals surface area contributed by atoms with Crippen molar-refractivity contribution in [2.45, 2.75) is 12.7 Å². The molecular formula is C17H14FNO6. The summed E-state index contributed by atoms with van der Waals surface area (Å²) in [6.07, 6.45) is 0.0579. The summed E-state index contributed by atoms with van der Waals surface area (Å²) >= 11 is 0. The molecule has 130 valence electrons. The fourth-order valence-electron chi connectivity index (χ4n) is 2.36. The first kappa shape index (κ1) is 17.0. The summed E-state index contributed by atoms with van der Waals surface area (Å²) in [6, 6.07) is 8.94. The van der Waals surface area contributed by atoms with Crippen molar-refractivity contribution in [3.8, 4) is 5.75 Å². The summed E-state index contributed by atoms with van der Waals surface area (Å²) in [4.78, 5) is 22.7. The number of benzene rings is 2. The second kappa shape index (κ2) is 7.37. The van der Waals surface area contributed by atoms with Crippen molar-refractivity contribution in [2.24, 2.45) is 0 Å². The Morgan fingerprint density at radius 3 is 2.64 bits per heavy atom. The van der Waals surface area contributed by atoms with Crippen molar-refractivity contribution < 1.29 is 28.3 Å². The van der Waals surface area contributed by atoms with E-state index in [0.29, 0.717) is 18.8 Å². The molecule has 0 amide bonds. The van der Waals surface area contributed by atoms with E-state index in [1.54, 1.807) is 0 Å². The number of ether oxygens (including phenoxy) is 3. The maximum Gasteiger partial charge on any atom is 0.343 e. The molecule has 1 aliphatic rings. The van der Waals surface area contributed by atoms with E-state index >= 15 is 0 Å². The van der Waals surface area contributed by atoms with Crippen LogP contribution in [0.5, 0.6) is 5.75 Å². The average Bonchev–Trinajstić information content (AvgIpc) is 2.62. The van der Waals surface area contributed by atoms with Gasteiger partial charge in [-0.15, -0.1) is 0 Å². The third-order valence-electron chi connectivity index (χ3n) is 3.54. The highest BCUT2D eigenvalue weighted by molar-refractivity contribution is 5.91. The van der Waals surface area contributed by atoms with Crippen LogP contribution in [0.4, 0.5) is 10.1 Å². The van der Waals surface area contributed by atoms with Crippen LogP contribution in [-0.4, -0.2) is 24.1 Å². The summed E-state index contributed by atoms with van der Waals surface area (Å²) in [5, 5.41) is 11.3. The van der Waals surface area contributed by atoms with Crippen molar-refractivity contribution in [3.63, 3.8) is 0 Å². The number of rotatable bonds is 4.